The Morgan fingerprint density at radius 3 is 2.85 bits per heavy atom. The second-order valence-electron chi connectivity index (χ2n) is 6.38. The molecule has 3 aromatic rings. The third-order valence-electron chi connectivity index (χ3n) is 4.48. The Morgan fingerprint density at radius 1 is 1.15 bits per heavy atom. The number of carbonyl (C=O) groups is 2. The first kappa shape index (κ1) is 16.1. The Kier molecular flexibility index (Phi) is 4.05. The van der Waals surface area contributed by atoms with E-state index in [0.717, 1.165) is 16.8 Å². The Hall–Kier alpha value is -3.34. The van der Waals surface area contributed by atoms with Gasteiger partial charge < -0.3 is 14.6 Å². The third kappa shape index (κ3) is 2.99. The molecule has 0 atom stereocenters. The number of fused-ring (bicyclic) bond motifs is 1. The van der Waals surface area contributed by atoms with Crippen LogP contribution in [0.25, 0.3) is 0 Å². The molecular formula is C21H18N2O3. The first-order chi connectivity index (χ1) is 12.6. The Bertz CT molecular complexity index is 990. The van der Waals surface area contributed by atoms with Crippen LogP contribution in [-0.4, -0.2) is 11.8 Å². The van der Waals surface area contributed by atoms with Gasteiger partial charge in [0.1, 0.15) is 0 Å². The summed E-state index contributed by atoms with van der Waals surface area (Å²) in [5, 5.41) is 2.84. The van der Waals surface area contributed by atoms with E-state index in [1.165, 1.54) is 6.26 Å². The van der Waals surface area contributed by atoms with Crippen LogP contribution in [0.3, 0.4) is 0 Å². The molecule has 4 rings (SSSR count). The van der Waals surface area contributed by atoms with Crippen LogP contribution in [0.1, 0.15) is 27.2 Å². The number of anilines is 2. The van der Waals surface area contributed by atoms with Crippen molar-refractivity contribution in [3.8, 4) is 0 Å². The molecule has 130 valence electrons. The summed E-state index contributed by atoms with van der Waals surface area (Å²) in [5.41, 5.74) is 4.34. The zero-order valence-electron chi connectivity index (χ0n) is 14.4. The molecule has 0 spiro atoms. The average Bonchev–Trinajstić information content (AvgIpc) is 3.20. The number of hydrogen-bond acceptors (Lipinski definition) is 3. The fraction of sp³-hybridized carbons (Fsp3) is 0.143. The molecule has 2 amide bonds. The molecule has 0 bridgehead atoms. The predicted octanol–water partition coefficient (Wildman–Crippen LogP) is 3.93. The minimum Gasteiger partial charge on any atom is -0.459 e. The van der Waals surface area contributed by atoms with E-state index >= 15 is 0 Å². The second-order valence-corrected chi connectivity index (χ2v) is 6.38. The van der Waals surface area contributed by atoms with Gasteiger partial charge in [0.2, 0.25) is 5.91 Å². The van der Waals surface area contributed by atoms with Gasteiger partial charge in [-0.2, -0.15) is 0 Å². The van der Waals surface area contributed by atoms with Gasteiger partial charge in [0.05, 0.1) is 19.2 Å². The highest BCUT2D eigenvalue weighted by atomic mass is 16.3. The number of nitrogens with zero attached hydrogens (tertiary/aromatic N) is 1. The van der Waals surface area contributed by atoms with E-state index < -0.39 is 0 Å². The number of carbonyl (C=O) groups excluding carboxylic acids is 2. The van der Waals surface area contributed by atoms with Gasteiger partial charge in [-0.15, -0.1) is 0 Å². The number of para-hydroxylation sites is 1. The molecule has 1 aliphatic rings. The lowest BCUT2D eigenvalue weighted by Gasteiger charge is -2.17. The van der Waals surface area contributed by atoms with Crippen LogP contribution in [0.4, 0.5) is 11.4 Å². The number of amides is 2. The minimum atomic E-state index is -0.324. The summed E-state index contributed by atoms with van der Waals surface area (Å²) < 4.78 is 5.41. The summed E-state index contributed by atoms with van der Waals surface area (Å²) in [6, 6.07) is 17.0. The summed E-state index contributed by atoms with van der Waals surface area (Å²) in [6.45, 7) is 2.27. The zero-order valence-corrected chi connectivity index (χ0v) is 14.4. The maximum absolute atomic E-state index is 12.6. The molecule has 1 aliphatic heterocycles. The molecule has 2 aromatic carbocycles. The van der Waals surface area contributed by atoms with Gasteiger partial charge in [0.15, 0.2) is 5.76 Å². The van der Waals surface area contributed by atoms with Gasteiger partial charge in [-0.1, -0.05) is 30.3 Å². The van der Waals surface area contributed by atoms with Crippen molar-refractivity contribution in [1.82, 2.24) is 0 Å². The number of furan rings is 1. The van der Waals surface area contributed by atoms with Gasteiger partial charge >= 0.3 is 0 Å². The number of benzene rings is 2. The van der Waals surface area contributed by atoms with E-state index in [1.54, 1.807) is 11.0 Å². The van der Waals surface area contributed by atoms with Crippen LogP contribution in [0.2, 0.25) is 0 Å². The van der Waals surface area contributed by atoms with Crippen LogP contribution >= 0.6 is 0 Å². The number of rotatable bonds is 4. The van der Waals surface area contributed by atoms with Gasteiger partial charge in [0.25, 0.3) is 5.91 Å². The molecule has 1 N–H and O–H groups in total. The van der Waals surface area contributed by atoms with E-state index in [9.17, 15) is 9.59 Å². The fourth-order valence-corrected chi connectivity index (χ4v) is 3.23. The van der Waals surface area contributed by atoms with E-state index in [0.29, 0.717) is 24.2 Å². The molecule has 26 heavy (non-hydrogen) atoms. The van der Waals surface area contributed by atoms with Crippen LogP contribution in [-0.2, 0) is 17.8 Å². The third-order valence-corrected chi connectivity index (χ3v) is 4.48. The molecule has 0 fully saturated rings. The Balaban J connectivity index is 1.56. The predicted molar refractivity (Wildman–Crippen MR) is 99.2 cm³/mol. The van der Waals surface area contributed by atoms with Crippen molar-refractivity contribution in [2.75, 3.05) is 10.2 Å². The molecular weight excluding hydrogens is 328 g/mol. The second kappa shape index (κ2) is 6.52. The molecule has 0 saturated carbocycles. The van der Waals surface area contributed by atoms with E-state index in [2.05, 4.69) is 5.32 Å². The lowest BCUT2D eigenvalue weighted by Crippen LogP contribution is -2.27. The molecule has 0 aliphatic carbocycles. The van der Waals surface area contributed by atoms with E-state index in [4.69, 9.17) is 4.42 Å². The molecule has 5 heteroatoms. The Labute approximate surface area is 151 Å². The SMILES string of the molecule is Cc1cccc(NC(=O)c2occc2CN2C(=O)Cc3ccccc32)c1. The van der Waals surface area contributed by atoms with Crippen LogP contribution in [0, 0.1) is 6.92 Å². The first-order valence-electron chi connectivity index (χ1n) is 8.44. The largest absolute Gasteiger partial charge is 0.459 e. The van der Waals surface area contributed by atoms with Gasteiger partial charge in [-0.05, 0) is 42.3 Å². The first-order valence-corrected chi connectivity index (χ1v) is 8.44. The molecule has 1 aromatic heterocycles. The highest BCUT2D eigenvalue weighted by Crippen LogP contribution is 2.30. The maximum atomic E-state index is 12.6. The van der Waals surface area contributed by atoms with E-state index in [1.807, 2.05) is 55.5 Å². The van der Waals surface area contributed by atoms with Crippen LogP contribution in [0.15, 0.2) is 65.3 Å². The van der Waals surface area contributed by atoms with Crippen molar-refractivity contribution >= 4 is 23.2 Å². The molecule has 0 unspecified atom stereocenters. The van der Waals surface area contributed by atoms with Crippen molar-refractivity contribution in [3.63, 3.8) is 0 Å². The topological polar surface area (TPSA) is 62.6 Å². The molecule has 0 saturated heterocycles. The van der Waals surface area contributed by atoms with Gasteiger partial charge in [0, 0.05) is 16.9 Å². The number of aryl methyl sites for hydroxylation is 1. The highest BCUT2D eigenvalue weighted by molar-refractivity contribution is 6.04. The quantitative estimate of drug-likeness (QED) is 0.778. The van der Waals surface area contributed by atoms with E-state index in [-0.39, 0.29) is 17.6 Å². The zero-order chi connectivity index (χ0) is 18.1. The molecule has 2 heterocycles. The molecule has 0 radical (unpaired) electrons. The average molecular weight is 346 g/mol. The normalized spacial score (nSPS) is 13.0. The van der Waals surface area contributed by atoms with Crippen molar-refractivity contribution < 1.29 is 14.0 Å². The van der Waals surface area contributed by atoms with Crippen molar-refractivity contribution in [2.45, 2.75) is 19.9 Å². The lowest BCUT2D eigenvalue weighted by molar-refractivity contribution is -0.117. The van der Waals surface area contributed by atoms with Gasteiger partial charge in [-0.25, -0.2) is 0 Å². The summed E-state index contributed by atoms with van der Waals surface area (Å²) >= 11 is 0. The van der Waals surface area contributed by atoms with Crippen molar-refractivity contribution in [1.29, 1.82) is 0 Å². The number of hydrogen-bond donors (Lipinski definition) is 1. The maximum Gasteiger partial charge on any atom is 0.291 e. The summed E-state index contributed by atoms with van der Waals surface area (Å²) in [7, 11) is 0. The molecule has 5 nitrogen and oxygen atoms in total. The van der Waals surface area contributed by atoms with Crippen LogP contribution in [0.5, 0.6) is 0 Å². The lowest BCUT2D eigenvalue weighted by atomic mass is 10.1. The summed E-state index contributed by atoms with van der Waals surface area (Å²) in [6.07, 6.45) is 1.87. The highest BCUT2D eigenvalue weighted by Gasteiger charge is 2.28. The number of nitrogens with one attached hydrogen (secondary N) is 1. The monoisotopic (exact) mass is 346 g/mol. The Morgan fingerprint density at radius 2 is 2.00 bits per heavy atom. The summed E-state index contributed by atoms with van der Waals surface area (Å²) in [4.78, 5) is 26.7. The van der Waals surface area contributed by atoms with Crippen molar-refractivity contribution in [3.05, 3.63) is 83.3 Å². The fourth-order valence-electron chi connectivity index (χ4n) is 3.23. The van der Waals surface area contributed by atoms with Crippen LogP contribution < -0.4 is 10.2 Å². The smallest absolute Gasteiger partial charge is 0.291 e. The standard InChI is InChI=1S/C21H18N2O3/c1-14-5-4-7-17(11-14)22-21(25)20-16(9-10-26-20)13-23-18-8-3-2-6-15(18)12-19(23)24/h2-11H,12-13H2,1H3,(H,22,25). The van der Waals surface area contributed by atoms with Gasteiger partial charge in [-0.3, -0.25) is 9.59 Å². The van der Waals surface area contributed by atoms with Crippen molar-refractivity contribution in [2.24, 2.45) is 0 Å². The summed E-state index contributed by atoms with van der Waals surface area (Å²) in [5.74, 6) is -0.0725. The minimum absolute atomic E-state index is 0.0254.